The summed E-state index contributed by atoms with van der Waals surface area (Å²) < 4.78 is 12.3. The van der Waals surface area contributed by atoms with Crippen LogP contribution in [0.4, 0.5) is 5.69 Å². The van der Waals surface area contributed by atoms with Crippen LogP contribution in [-0.4, -0.2) is 18.3 Å². The molecule has 1 aromatic heterocycles. The SMILES string of the molecule is CC1(C)OB(c2cc(N)ccc2-c2cccs2)OC1(C)C. The standard InChI is InChI=1S/C16H20BNO2S/c1-15(2)16(3,4)20-17(19-15)13-10-11(18)7-8-12(13)14-6-5-9-21-14/h5-10H,18H2,1-4H3. The van der Waals surface area contributed by atoms with E-state index < -0.39 is 7.12 Å². The lowest BCUT2D eigenvalue weighted by Crippen LogP contribution is -2.41. The maximum Gasteiger partial charge on any atom is 0.495 e. The zero-order chi connectivity index (χ0) is 15.3. The van der Waals surface area contributed by atoms with Gasteiger partial charge in [0.2, 0.25) is 0 Å². The second-order valence-electron chi connectivity index (χ2n) is 6.41. The maximum atomic E-state index is 6.17. The summed E-state index contributed by atoms with van der Waals surface area (Å²) >= 11 is 1.70. The molecular formula is C16H20BNO2S. The van der Waals surface area contributed by atoms with Crippen LogP contribution in [-0.2, 0) is 9.31 Å². The Hall–Kier alpha value is -1.30. The molecule has 2 N–H and O–H groups in total. The molecule has 1 saturated heterocycles. The smallest absolute Gasteiger partial charge is 0.399 e. The highest BCUT2D eigenvalue weighted by Crippen LogP contribution is 2.37. The number of hydrogen-bond donors (Lipinski definition) is 1. The Kier molecular flexibility index (Phi) is 3.39. The molecule has 0 spiro atoms. The highest BCUT2D eigenvalue weighted by Gasteiger charge is 2.52. The number of rotatable bonds is 2. The molecule has 0 bridgehead atoms. The predicted molar refractivity (Wildman–Crippen MR) is 89.9 cm³/mol. The minimum atomic E-state index is -0.393. The van der Waals surface area contributed by atoms with Crippen molar-refractivity contribution in [1.82, 2.24) is 0 Å². The molecule has 2 heterocycles. The molecule has 1 aliphatic heterocycles. The zero-order valence-corrected chi connectivity index (χ0v) is 13.7. The van der Waals surface area contributed by atoms with Gasteiger partial charge in [0.05, 0.1) is 11.2 Å². The fraction of sp³-hybridized carbons (Fsp3) is 0.375. The third-order valence-corrected chi connectivity index (χ3v) is 5.27. The van der Waals surface area contributed by atoms with Crippen molar-refractivity contribution >= 4 is 29.6 Å². The summed E-state index contributed by atoms with van der Waals surface area (Å²) in [6.07, 6.45) is 0. The van der Waals surface area contributed by atoms with Crippen molar-refractivity contribution in [3.05, 3.63) is 35.7 Å². The third kappa shape index (κ3) is 2.50. The second kappa shape index (κ2) is 4.87. The molecule has 0 aliphatic carbocycles. The van der Waals surface area contributed by atoms with Gasteiger partial charge in [0.1, 0.15) is 0 Å². The monoisotopic (exact) mass is 301 g/mol. The van der Waals surface area contributed by atoms with E-state index >= 15 is 0 Å². The van der Waals surface area contributed by atoms with Crippen LogP contribution < -0.4 is 11.2 Å². The van der Waals surface area contributed by atoms with Gasteiger partial charge in [0, 0.05) is 10.6 Å². The van der Waals surface area contributed by atoms with Gasteiger partial charge in [-0.2, -0.15) is 0 Å². The molecular weight excluding hydrogens is 281 g/mol. The Morgan fingerprint density at radius 2 is 1.71 bits per heavy atom. The quantitative estimate of drug-likeness (QED) is 0.684. The van der Waals surface area contributed by atoms with E-state index in [-0.39, 0.29) is 11.2 Å². The molecule has 21 heavy (non-hydrogen) atoms. The van der Waals surface area contributed by atoms with Crippen molar-refractivity contribution in [1.29, 1.82) is 0 Å². The van der Waals surface area contributed by atoms with Crippen LogP contribution in [0.2, 0.25) is 0 Å². The van der Waals surface area contributed by atoms with E-state index in [0.29, 0.717) is 0 Å². The van der Waals surface area contributed by atoms with Gasteiger partial charge in [0.15, 0.2) is 0 Å². The van der Waals surface area contributed by atoms with Crippen molar-refractivity contribution < 1.29 is 9.31 Å². The predicted octanol–water partition coefficient (Wildman–Crippen LogP) is 3.30. The fourth-order valence-electron chi connectivity index (χ4n) is 2.40. The first-order valence-electron chi connectivity index (χ1n) is 7.09. The lowest BCUT2D eigenvalue weighted by Gasteiger charge is -2.32. The van der Waals surface area contributed by atoms with Gasteiger partial charge in [-0.05, 0) is 62.3 Å². The van der Waals surface area contributed by atoms with Crippen LogP contribution >= 0.6 is 11.3 Å². The molecule has 5 heteroatoms. The topological polar surface area (TPSA) is 44.5 Å². The number of thiophene rings is 1. The molecule has 110 valence electrons. The van der Waals surface area contributed by atoms with Crippen molar-refractivity contribution in [3.8, 4) is 10.4 Å². The number of nitrogens with two attached hydrogens (primary N) is 1. The van der Waals surface area contributed by atoms with E-state index in [4.69, 9.17) is 15.0 Å². The summed E-state index contributed by atoms with van der Waals surface area (Å²) in [6.45, 7) is 8.24. The average Bonchev–Trinajstić information content (AvgIpc) is 2.97. The highest BCUT2D eigenvalue weighted by molar-refractivity contribution is 7.13. The van der Waals surface area contributed by atoms with Crippen LogP contribution in [0.3, 0.4) is 0 Å². The molecule has 0 amide bonds. The Balaban J connectivity index is 2.05. The Bertz CT molecular complexity index is 636. The Labute approximate surface area is 130 Å². The summed E-state index contributed by atoms with van der Waals surface area (Å²) in [6, 6.07) is 10.1. The van der Waals surface area contributed by atoms with Gasteiger partial charge in [-0.15, -0.1) is 11.3 Å². The first kappa shape index (κ1) is 14.6. The first-order chi connectivity index (χ1) is 9.80. The summed E-state index contributed by atoms with van der Waals surface area (Å²) in [5, 5.41) is 2.07. The lowest BCUT2D eigenvalue weighted by atomic mass is 9.75. The third-order valence-electron chi connectivity index (χ3n) is 4.37. The maximum absolute atomic E-state index is 6.17. The van der Waals surface area contributed by atoms with Crippen molar-refractivity contribution in [2.24, 2.45) is 0 Å². The summed E-state index contributed by atoms with van der Waals surface area (Å²) in [5.41, 5.74) is 8.11. The zero-order valence-electron chi connectivity index (χ0n) is 12.8. The van der Waals surface area contributed by atoms with E-state index in [1.807, 2.05) is 24.3 Å². The normalized spacial score (nSPS) is 19.9. The van der Waals surface area contributed by atoms with E-state index in [2.05, 4.69) is 39.1 Å². The van der Waals surface area contributed by atoms with Crippen LogP contribution in [0.25, 0.3) is 10.4 Å². The summed E-state index contributed by atoms with van der Waals surface area (Å²) in [7, 11) is -0.393. The van der Waals surface area contributed by atoms with E-state index in [9.17, 15) is 0 Å². The molecule has 0 unspecified atom stereocenters. The molecule has 1 aliphatic rings. The van der Waals surface area contributed by atoms with Crippen molar-refractivity contribution in [2.75, 3.05) is 5.73 Å². The minimum absolute atomic E-state index is 0.352. The minimum Gasteiger partial charge on any atom is -0.399 e. The van der Waals surface area contributed by atoms with Crippen LogP contribution in [0.15, 0.2) is 35.7 Å². The number of anilines is 1. The molecule has 3 rings (SSSR count). The molecule has 0 saturated carbocycles. The first-order valence-corrected chi connectivity index (χ1v) is 7.97. The number of benzene rings is 1. The van der Waals surface area contributed by atoms with Crippen molar-refractivity contribution in [3.63, 3.8) is 0 Å². The largest absolute Gasteiger partial charge is 0.495 e. The number of nitrogen functional groups attached to an aromatic ring is 1. The molecule has 3 nitrogen and oxygen atoms in total. The average molecular weight is 301 g/mol. The molecule has 0 radical (unpaired) electrons. The molecule has 1 fully saturated rings. The van der Waals surface area contributed by atoms with Crippen LogP contribution in [0.5, 0.6) is 0 Å². The van der Waals surface area contributed by atoms with Gasteiger partial charge in [0.25, 0.3) is 0 Å². The number of hydrogen-bond acceptors (Lipinski definition) is 4. The van der Waals surface area contributed by atoms with Gasteiger partial charge in [-0.25, -0.2) is 0 Å². The van der Waals surface area contributed by atoms with E-state index in [1.54, 1.807) is 11.3 Å². The summed E-state index contributed by atoms with van der Waals surface area (Å²) in [5.74, 6) is 0. The molecule has 2 aromatic rings. The fourth-order valence-corrected chi connectivity index (χ4v) is 3.18. The van der Waals surface area contributed by atoms with E-state index in [1.165, 1.54) is 4.88 Å². The van der Waals surface area contributed by atoms with Gasteiger partial charge < -0.3 is 15.0 Å². The van der Waals surface area contributed by atoms with Crippen molar-refractivity contribution in [2.45, 2.75) is 38.9 Å². The van der Waals surface area contributed by atoms with Crippen LogP contribution in [0, 0.1) is 0 Å². The van der Waals surface area contributed by atoms with Crippen LogP contribution in [0.1, 0.15) is 27.7 Å². The van der Waals surface area contributed by atoms with Gasteiger partial charge in [-0.1, -0.05) is 12.1 Å². The van der Waals surface area contributed by atoms with Gasteiger partial charge >= 0.3 is 7.12 Å². The molecule has 0 atom stereocenters. The summed E-state index contributed by atoms with van der Waals surface area (Å²) in [4.78, 5) is 1.19. The molecule has 1 aromatic carbocycles. The lowest BCUT2D eigenvalue weighted by molar-refractivity contribution is 0.00578. The second-order valence-corrected chi connectivity index (χ2v) is 7.36. The van der Waals surface area contributed by atoms with E-state index in [0.717, 1.165) is 16.7 Å². The van der Waals surface area contributed by atoms with Gasteiger partial charge in [-0.3, -0.25) is 0 Å². The Morgan fingerprint density at radius 1 is 1.05 bits per heavy atom. The highest BCUT2D eigenvalue weighted by atomic mass is 32.1. The Morgan fingerprint density at radius 3 is 2.29 bits per heavy atom.